The minimum Gasteiger partial charge on any atom is -0.383 e. The van der Waals surface area contributed by atoms with Gasteiger partial charge in [-0.2, -0.15) is 9.97 Å². The van der Waals surface area contributed by atoms with Crippen molar-refractivity contribution in [3.8, 4) is 0 Å². The van der Waals surface area contributed by atoms with Gasteiger partial charge in [-0.15, -0.1) is 0 Å². The second-order valence-corrected chi connectivity index (χ2v) is 7.67. The van der Waals surface area contributed by atoms with E-state index in [0.29, 0.717) is 29.8 Å². The molecule has 1 aliphatic carbocycles. The minimum absolute atomic E-state index is 0.0359. The number of aromatic nitrogens is 2. The van der Waals surface area contributed by atoms with Crippen LogP contribution < -0.4 is 16.8 Å². The molecule has 2 aromatic carbocycles. The van der Waals surface area contributed by atoms with Crippen molar-refractivity contribution in [2.75, 3.05) is 16.8 Å². The third-order valence-corrected chi connectivity index (χ3v) is 5.82. The van der Waals surface area contributed by atoms with Gasteiger partial charge in [0.1, 0.15) is 17.5 Å². The summed E-state index contributed by atoms with van der Waals surface area (Å²) in [5.41, 5.74) is 16.0. The van der Waals surface area contributed by atoms with E-state index in [1.807, 2.05) is 30.3 Å². The fraction of sp³-hybridized carbons (Fsp3) is 0.174. The van der Waals surface area contributed by atoms with Crippen molar-refractivity contribution in [1.82, 2.24) is 9.97 Å². The monoisotopic (exact) mass is 401 g/mol. The van der Waals surface area contributed by atoms with Gasteiger partial charge < -0.3 is 16.8 Å². The van der Waals surface area contributed by atoms with Crippen LogP contribution in [0.3, 0.4) is 0 Å². The number of allylic oxidation sites excluding steroid dienone is 2. The first-order valence-electron chi connectivity index (χ1n) is 9.78. The fourth-order valence-electron chi connectivity index (χ4n) is 4.51. The molecule has 0 amide bonds. The molecular formula is C23H20FN5O. The number of nitrogens with zero attached hydrogens (tertiary/aromatic N) is 2. The second-order valence-electron chi connectivity index (χ2n) is 7.67. The number of nitrogen functional groups attached to an aromatic ring is 2. The van der Waals surface area contributed by atoms with Crippen LogP contribution in [-0.4, -0.2) is 15.8 Å². The van der Waals surface area contributed by atoms with Gasteiger partial charge in [0.05, 0.1) is 0 Å². The topological polar surface area (TPSA) is 107 Å². The molecule has 3 aromatic rings. The molecule has 150 valence electrons. The summed E-state index contributed by atoms with van der Waals surface area (Å²) in [5, 5.41) is 3.30. The maximum atomic E-state index is 13.6. The summed E-state index contributed by atoms with van der Waals surface area (Å²) < 4.78 is 13.6. The van der Waals surface area contributed by atoms with Gasteiger partial charge in [0.25, 0.3) is 0 Å². The van der Waals surface area contributed by atoms with Crippen molar-refractivity contribution in [2.24, 2.45) is 0 Å². The Bertz CT molecular complexity index is 1170. The molecule has 0 bridgehead atoms. The Kier molecular flexibility index (Phi) is 4.24. The number of rotatable bonds is 2. The van der Waals surface area contributed by atoms with Crippen LogP contribution in [0, 0.1) is 5.82 Å². The van der Waals surface area contributed by atoms with Gasteiger partial charge in [-0.05, 0) is 35.6 Å². The maximum Gasteiger partial charge on any atom is 0.223 e. The van der Waals surface area contributed by atoms with E-state index >= 15 is 0 Å². The van der Waals surface area contributed by atoms with Crippen molar-refractivity contribution in [3.05, 3.63) is 88.4 Å². The number of Topliss-reactive ketones (excluding diaryl/α,β-unsaturated/α-hetero) is 1. The van der Waals surface area contributed by atoms with Crippen LogP contribution in [0.5, 0.6) is 0 Å². The zero-order chi connectivity index (χ0) is 20.8. The number of ketones is 1. The van der Waals surface area contributed by atoms with Gasteiger partial charge in [0.2, 0.25) is 5.95 Å². The van der Waals surface area contributed by atoms with E-state index in [2.05, 4.69) is 15.3 Å². The zero-order valence-corrected chi connectivity index (χ0v) is 16.1. The summed E-state index contributed by atoms with van der Waals surface area (Å²) >= 11 is 0. The molecule has 0 fully saturated rings. The lowest BCUT2D eigenvalue weighted by molar-refractivity contribution is -0.116. The van der Waals surface area contributed by atoms with Gasteiger partial charge in [0, 0.05) is 29.2 Å². The molecule has 1 aliphatic heterocycles. The van der Waals surface area contributed by atoms with E-state index in [4.69, 9.17) is 11.5 Å². The fourth-order valence-corrected chi connectivity index (χ4v) is 4.51. The minimum atomic E-state index is -0.471. The number of halogens is 1. The van der Waals surface area contributed by atoms with Crippen LogP contribution in [0.4, 0.5) is 22.0 Å². The Balaban J connectivity index is 1.67. The van der Waals surface area contributed by atoms with Gasteiger partial charge in [-0.25, -0.2) is 4.39 Å². The molecule has 7 heteroatoms. The smallest absolute Gasteiger partial charge is 0.223 e. The van der Waals surface area contributed by atoms with Crippen molar-refractivity contribution < 1.29 is 9.18 Å². The number of anilines is 3. The average Bonchev–Trinajstić information content (AvgIpc) is 2.73. The van der Waals surface area contributed by atoms with Gasteiger partial charge in [-0.3, -0.25) is 4.79 Å². The van der Waals surface area contributed by atoms with Crippen molar-refractivity contribution in [3.63, 3.8) is 0 Å². The van der Waals surface area contributed by atoms with Crippen LogP contribution >= 0.6 is 0 Å². The molecular weight excluding hydrogens is 381 g/mol. The largest absolute Gasteiger partial charge is 0.383 e. The van der Waals surface area contributed by atoms with Crippen LogP contribution in [-0.2, 0) is 4.79 Å². The van der Waals surface area contributed by atoms with Crippen LogP contribution in [0.2, 0.25) is 0 Å². The van der Waals surface area contributed by atoms with E-state index in [-0.39, 0.29) is 29.3 Å². The predicted octanol–water partition coefficient (Wildman–Crippen LogP) is 3.74. The van der Waals surface area contributed by atoms with Crippen LogP contribution in [0.15, 0.2) is 65.9 Å². The highest BCUT2D eigenvalue weighted by Gasteiger charge is 2.40. The lowest BCUT2D eigenvalue weighted by Gasteiger charge is -2.36. The molecule has 0 spiro atoms. The van der Waals surface area contributed by atoms with Crippen molar-refractivity contribution >= 4 is 23.4 Å². The van der Waals surface area contributed by atoms with Gasteiger partial charge in [0.15, 0.2) is 5.78 Å². The highest BCUT2D eigenvalue weighted by atomic mass is 19.1. The number of carbonyl (C=O) groups is 1. The molecule has 1 aromatic heterocycles. The average molecular weight is 401 g/mol. The molecule has 0 unspecified atom stereocenters. The van der Waals surface area contributed by atoms with E-state index in [9.17, 15) is 9.18 Å². The molecule has 2 atom stereocenters. The lowest BCUT2D eigenvalue weighted by atomic mass is 9.72. The third-order valence-electron chi connectivity index (χ3n) is 5.82. The number of benzene rings is 2. The van der Waals surface area contributed by atoms with Crippen molar-refractivity contribution in [1.29, 1.82) is 0 Å². The van der Waals surface area contributed by atoms with E-state index in [0.717, 1.165) is 16.8 Å². The van der Waals surface area contributed by atoms with E-state index < -0.39 is 5.92 Å². The highest BCUT2D eigenvalue weighted by molar-refractivity contribution is 6.02. The number of hydrogen-bond donors (Lipinski definition) is 3. The molecule has 0 radical (unpaired) electrons. The molecule has 2 heterocycles. The lowest BCUT2D eigenvalue weighted by Crippen LogP contribution is -2.31. The number of hydrogen-bond acceptors (Lipinski definition) is 6. The first-order chi connectivity index (χ1) is 14.5. The third kappa shape index (κ3) is 2.99. The normalized spacial score (nSPS) is 20.4. The number of nitrogens with two attached hydrogens (primary N) is 2. The SMILES string of the molecule is Nc1nc(N)c2c(n1)NC1=C(C(=O)C[C@H](c3ccccc3)C1)[C@@H]2c1ccc(F)cc1. The summed E-state index contributed by atoms with van der Waals surface area (Å²) in [7, 11) is 0. The molecule has 6 nitrogen and oxygen atoms in total. The Morgan fingerprint density at radius 2 is 1.67 bits per heavy atom. The first kappa shape index (κ1) is 18.3. The molecule has 2 aliphatic rings. The molecule has 30 heavy (non-hydrogen) atoms. The van der Waals surface area contributed by atoms with E-state index in [1.165, 1.54) is 12.1 Å². The molecule has 5 N–H and O–H groups in total. The van der Waals surface area contributed by atoms with Crippen LogP contribution in [0.25, 0.3) is 0 Å². The second kappa shape index (κ2) is 6.95. The predicted molar refractivity (Wildman–Crippen MR) is 113 cm³/mol. The maximum absolute atomic E-state index is 13.6. The summed E-state index contributed by atoms with van der Waals surface area (Å²) in [6.45, 7) is 0. The Labute approximate surface area is 172 Å². The summed E-state index contributed by atoms with van der Waals surface area (Å²) in [6, 6.07) is 16.1. The summed E-state index contributed by atoms with van der Waals surface area (Å²) in [6.07, 6.45) is 1.05. The Morgan fingerprint density at radius 1 is 0.933 bits per heavy atom. The highest BCUT2D eigenvalue weighted by Crippen LogP contribution is 2.48. The van der Waals surface area contributed by atoms with Crippen LogP contribution in [0.1, 0.15) is 41.4 Å². The molecule has 0 saturated heterocycles. The first-order valence-corrected chi connectivity index (χ1v) is 9.78. The zero-order valence-electron chi connectivity index (χ0n) is 16.1. The Hall–Kier alpha value is -3.74. The van der Waals surface area contributed by atoms with Gasteiger partial charge >= 0.3 is 0 Å². The van der Waals surface area contributed by atoms with Crippen molar-refractivity contribution in [2.45, 2.75) is 24.7 Å². The summed E-state index contributed by atoms with van der Waals surface area (Å²) in [5.74, 6) is 0.0518. The molecule has 0 saturated carbocycles. The Morgan fingerprint density at radius 3 is 2.40 bits per heavy atom. The number of fused-ring (bicyclic) bond motifs is 1. The molecule has 5 rings (SSSR count). The summed E-state index contributed by atoms with van der Waals surface area (Å²) in [4.78, 5) is 21.8. The quantitative estimate of drug-likeness (QED) is 0.604. The number of nitrogens with one attached hydrogen (secondary N) is 1. The standard InChI is InChI=1S/C23H20FN5O/c24-15-8-6-13(7-9-15)18-19-16(27-22-20(18)21(25)28-23(26)29-22)10-14(11-17(19)30)12-4-2-1-3-5-12/h1-9,14,18H,10-11H2,(H5,25,26,27,28,29)/t14-,18+/m1/s1. The number of carbonyl (C=O) groups excluding carboxylic acids is 1. The van der Waals surface area contributed by atoms with Gasteiger partial charge in [-0.1, -0.05) is 42.5 Å². The van der Waals surface area contributed by atoms with E-state index in [1.54, 1.807) is 12.1 Å².